The Balaban J connectivity index is 1.66. The summed E-state index contributed by atoms with van der Waals surface area (Å²) in [5.41, 5.74) is 4.33. The average molecular weight is 412 g/mol. The minimum absolute atomic E-state index is 0.555. The van der Waals surface area contributed by atoms with Crippen molar-refractivity contribution in [2.45, 2.75) is 50.8 Å². The molecule has 4 aliphatic rings. The van der Waals surface area contributed by atoms with Crippen LogP contribution in [-0.2, 0) is 0 Å². The summed E-state index contributed by atoms with van der Waals surface area (Å²) in [7, 11) is 0. The lowest BCUT2D eigenvalue weighted by Gasteiger charge is -2.56. The van der Waals surface area contributed by atoms with E-state index in [1.807, 2.05) is 0 Å². The predicted molar refractivity (Wildman–Crippen MR) is 95.8 cm³/mol. The van der Waals surface area contributed by atoms with Gasteiger partial charge in [-0.2, -0.15) is 0 Å². The molecule has 1 aromatic carbocycles. The van der Waals surface area contributed by atoms with Crippen LogP contribution in [0.1, 0.15) is 53.6 Å². The molecule has 0 N–H and O–H groups in total. The van der Waals surface area contributed by atoms with Crippen LogP contribution < -0.4 is 0 Å². The second-order valence-electron chi connectivity index (χ2n) is 7.87. The Morgan fingerprint density at radius 3 is 2.05 bits per heavy atom. The second-order valence-corrected chi connectivity index (χ2v) is 9.71. The van der Waals surface area contributed by atoms with Crippen LogP contribution in [0.25, 0.3) is 0 Å². The smallest absolute Gasteiger partial charge is 0.0431 e. The summed E-state index contributed by atoms with van der Waals surface area (Å²) in [6.07, 6.45) is 7.58. The van der Waals surface area contributed by atoms with Crippen LogP contribution in [0.15, 0.2) is 16.6 Å². The molecule has 1 aromatic rings. The van der Waals surface area contributed by atoms with Gasteiger partial charge in [0.05, 0.1) is 0 Å². The largest absolute Gasteiger partial charge is 0.0835 e. The molecule has 1 unspecified atom stereocenters. The molecule has 0 heterocycles. The van der Waals surface area contributed by atoms with Crippen molar-refractivity contribution in [1.29, 1.82) is 0 Å². The molecule has 0 aromatic heterocycles. The Kier molecular flexibility index (Phi) is 3.77. The highest BCUT2D eigenvalue weighted by atomic mass is 79.9. The molecule has 0 spiro atoms. The molecule has 4 fully saturated rings. The molecule has 4 aliphatic carbocycles. The van der Waals surface area contributed by atoms with E-state index in [0.717, 1.165) is 29.6 Å². The van der Waals surface area contributed by atoms with E-state index in [4.69, 9.17) is 0 Å². The quantitative estimate of drug-likeness (QED) is 0.482. The van der Waals surface area contributed by atoms with Crippen LogP contribution in [0.4, 0.5) is 0 Å². The van der Waals surface area contributed by atoms with Gasteiger partial charge in [-0.1, -0.05) is 37.9 Å². The summed E-state index contributed by atoms with van der Waals surface area (Å²) in [6, 6.07) is 4.71. The number of aryl methyl sites for hydroxylation is 2. The van der Waals surface area contributed by atoms with Crippen LogP contribution in [0, 0.1) is 43.4 Å². The third kappa shape index (κ3) is 2.45. The normalized spacial score (nSPS) is 38.8. The molecule has 2 heteroatoms. The van der Waals surface area contributed by atoms with Crippen molar-refractivity contribution in [3.8, 4) is 0 Å². The fourth-order valence-electron chi connectivity index (χ4n) is 5.75. The molecular weight excluding hydrogens is 388 g/mol. The van der Waals surface area contributed by atoms with E-state index in [9.17, 15) is 0 Å². The van der Waals surface area contributed by atoms with Crippen molar-refractivity contribution in [3.05, 3.63) is 33.3 Å². The van der Waals surface area contributed by atoms with Gasteiger partial charge < -0.3 is 0 Å². The Hall–Kier alpha value is 0.180. The van der Waals surface area contributed by atoms with Crippen molar-refractivity contribution in [1.82, 2.24) is 0 Å². The fourth-order valence-corrected chi connectivity index (χ4v) is 7.57. The fraction of sp³-hybridized carbons (Fsp3) is 0.684. The van der Waals surface area contributed by atoms with Crippen LogP contribution in [0.3, 0.4) is 0 Å². The van der Waals surface area contributed by atoms with Gasteiger partial charge in [0, 0.05) is 9.30 Å². The Morgan fingerprint density at radius 1 is 0.905 bits per heavy atom. The predicted octanol–water partition coefficient (Wildman–Crippen LogP) is 6.57. The summed E-state index contributed by atoms with van der Waals surface area (Å²) < 4.78 is 1.24. The van der Waals surface area contributed by atoms with Gasteiger partial charge in [0.15, 0.2) is 0 Å². The lowest BCUT2D eigenvalue weighted by molar-refractivity contribution is -0.0365. The molecule has 0 saturated heterocycles. The summed E-state index contributed by atoms with van der Waals surface area (Å²) in [5, 5.41) is 0. The van der Waals surface area contributed by atoms with Crippen LogP contribution in [0.5, 0.6) is 0 Å². The standard InChI is InChI=1S/C19H24Br2/c1-10-4-17(20)11(2)3-16(10)19(21)18-14-6-12-5-13(8-14)9-15(18)7-12/h3-4,12-15,18-19H,5-9H2,1-2H3. The van der Waals surface area contributed by atoms with Crippen molar-refractivity contribution >= 4 is 31.9 Å². The van der Waals surface area contributed by atoms with E-state index in [2.05, 4.69) is 57.8 Å². The lowest BCUT2D eigenvalue weighted by Crippen LogP contribution is -2.46. The summed E-state index contributed by atoms with van der Waals surface area (Å²) in [4.78, 5) is 0.555. The van der Waals surface area contributed by atoms with Crippen LogP contribution >= 0.6 is 31.9 Å². The number of benzene rings is 1. The topological polar surface area (TPSA) is 0 Å². The maximum atomic E-state index is 4.13. The van der Waals surface area contributed by atoms with Crippen molar-refractivity contribution in [2.75, 3.05) is 0 Å². The molecule has 114 valence electrons. The minimum atomic E-state index is 0.555. The zero-order chi connectivity index (χ0) is 14.7. The molecule has 0 aliphatic heterocycles. The molecule has 0 nitrogen and oxygen atoms in total. The van der Waals surface area contributed by atoms with E-state index < -0.39 is 0 Å². The Bertz CT molecular complexity index is 535. The van der Waals surface area contributed by atoms with E-state index in [1.165, 1.54) is 46.8 Å². The SMILES string of the molecule is Cc1cc(C(Br)C2C3CC4CC(C3)CC2C4)c(C)cc1Br. The molecule has 5 rings (SSSR count). The van der Waals surface area contributed by atoms with Crippen molar-refractivity contribution < 1.29 is 0 Å². The molecule has 4 saturated carbocycles. The highest BCUT2D eigenvalue weighted by molar-refractivity contribution is 9.10. The van der Waals surface area contributed by atoms with E-state index in [1.54, 1.807) is 6.42 Å². The van der Waals surface area contributed by atoms with Gasteiger partial charge in [-0.25, -0.2) is 0 Å². The monoisotopic (exact) mass is 410 g/mol. The first kappa shape index (κ1) is 14.8. The first-order valence-electron chi connectivity index (χ1n) is 8.43. The number of halogens is 2. The van der Waals surface area contributed by atoms with E-state index in [0.29, 0.717) is 4.83 Å². The molecule has 0 amide bonds. The van der Waals surface area contributed by atoms with Gasteiger partial charge in [-0.3, -0.25) is 0 Å². The average Bonchev–Trinajstić information content (AvgIpc) is 2.41. The number of alkyl halides is 1. The maximum Gasteiger partial charge on any atom is 0.0431 e. The zero-order valence-electron chi connectivity index (χ0n) is 12.9. The van der Waals surface area contributed by atoms with E-state index in [-0.39, 0.29) is 0 Å². The first-order chi connectivity index (χ1) is 10.0. The first-order valence-corrected chi connectivity index (χ1v) is 10.1. The van der Waals surface area contributed by atoms with Gasteiger partial charge >= 0.3 is 0 Å². The molecular formula is C19H24Br2. The van der Waals surface area contributed by atoms with Crippen LogP contribution in [-0.4, -0.2) is 0 Å². The number of hydrogen-bond donors (Lipinski definition) is 0. The second kappa shape index (κ2) is 5.37. The van der Waals surface area contributed by atoms with Gasteiger partial charge in [0.1, 0.15) is 0 Å². The summed E-state index contributed by atoms with van der Waals surface area (Å²) in [5.74, 6) is 4.97. The van der Waals surface area contributed by atoms with Gasteiger partial charge in [0.25, 0.3) is 0 Å². The molecule has 4 bridgehead atoms. The number of rotatable bonds is 2. The maximum absolute atomic E-state index is 4.13. The molecule has 1 atom stereocenters. The highest BCUT2D eigenvalue weighted by Gasteiger charge is 2.50. The number of hydrogen-bond acceptors (Lipinski definition) is 0. The van der Waals surface area contributed by atoms with Gasteiger partial charge in [-0.05, 0) is 98.3 Å². The minimum Gasteiger partial charge on any atom is -0.0835 e. The van der Waals surface area contributed by atoms with E-state index >= 15 is 0 Å². The van der Waals surface area contributed by atoms with Crippen molar-refractivity contribution in [3.63, 3.8) is 0 Å². The third-order valence-electron chi connectivity index (χ3n) is 6.48. The molecule has 0 radical (unpaired) electrons. The summed E-state index contributed by atoms with van der Waals surface area (Å²) in [6.45, 7) is 4.48. The van der Waals surface area contributed by atoms with Crippen molar-refractivity contribution in [2.24, 2.45) is 29.6 Å². The lowest BCUT2D eigenvalue weighted by atomic mass is 9.51. The Morgan fingerprint density at radius 2 is 1.48 bits per heavy atom. The summed E-state index contributed by atoms with van der Waals surface area (Å²) >= 11 is 7.80. The third-order valence-corrected chi connectivity index (χ3v) is 8.44. The molecule has 21 heavy (non-hydrogen) atoms. The van der Waals surface area contributed by atoms with Gasteiger partial charge in [0.2, 0.25) is 0 Å². The Labute approximate surface area is 145 Å². The highest BCUT2D eigenvalue weighted by Crippen LogP contribution is 2.61. The van der Waals surface area contributed by atoms with Crippen LogP contribution in [0.2, 0.25) is 0 Å². The zero-order valence-corrected chi connectivity index (χ0v) is 16.1. The van der Waals surface area contributed by atoms with Gasteiger partial charge in [-0.15, -0.1) is 0 Å².